The molecule has 1 aromatic carbocycles. The van der Waals surface area contributed by atoms with Crippen molar-refractivity contribution in [3.63, 3.8) is 0 Å². The number of anilines is 1. The van der Waals surface area contributed by atoms with E-state index in [1.807, 2.05) is 37.3 Å². The van der Waals surface area contributed by atoms with Crippen LogP contribution >= 0.6 is 15.9 Å². The summed E-state index contributed by atoms with van der Waals surface area (Å²) in [6, 6.07) is 9.84. The molecule has 1 saturated carbocycles. The summed E-state index contributed by atoms with van der Waals surface area (Å²) in [4.78, 5) is 26.0. The molecule has 5 rings (SSSR count). The molecular weight excluding hydrogens is 486 g/mol. The fourth-order valence-electron chi connectivity index (χ4n) is 4.51. The first-order valence-electron chi connectivity index (χ1n) is 10.8. The summed E-state index contributed by atoms with van der Waals surface area (Å²) in [5, 5.41) is 12.6. The van der Waals surface area contributed by atoms with Crippen LogP contribution in [0.15, 0.2) is 41.1 Å². The normalized spacial score (nSPS) is 20.3. The first-order valence-corrected chi connectivity index (χ1v) is 11.5. The van der Waals surface area contributed by atoms with Crippen molar-refractivity contribution in [1.29, 1.82) is 0 Å². The third-order valence-corrected chi connectivity index (χ3v) is 6.92. The van der Waals surface area contributed by atoms with E-state index in [4.69, 9.17) is 9.72 Å². The van der Waals surface area contributed by atoms with Crippen LogP contribution in [0.1, 0.15) is 26.2 Å². The van der Waals surface area contributed by atoms with E-state index >= 15 is 0 Å². The van der Waals surface area contributed by atoms with Gasteiger partial charge >= 0.3 is 0 Å². The average molecular weight is 510 g/mol. The van der Waals surface area contributed by atoms with Gasteiger partial charge < -0.3 is 15.4 Å². The highest BCUT2D eigenvalue weighted by Crippen LogP contribution is 2.39. The Labute approximate surface area is 199 Å². The van der Waals surface area contributed by atoms with Crippen molar-refractivity contribution < 1.29 is 9.53 Å². The van der Waals surface area contributed by atoms with E-state index in [1.165, 1.54) is 0 Å². The Morgan fingerprint density at radius 3 is 2.91 bits per heavy atom. The van der Waals surface area contributed by atoms with Crippen LogP contribution in [0.3, 0.4) is 0 Å². The van der Waals surface area contributed by atoms with Gasteiger partial charge in [0.2, 0.25) is 17.7 Å². The van der Waals surface area contributed by atoms with Crippen LogP contribution in [0, 0.1) is 5.41 Å². The van der Waals surface area contributed by atoms with Crippen LogP contribution in [0.25, 0.3) is 27.6 Å². The number of hydrogen-bond acceptors (Lipinski definition) is 7. The maximum Gasteiger partial charge on any atom is 0.225 e. The lowest BCUT2D eigenvalue weighted by molar-refractivity contribution is -0.129. The van der Waals surface area contributed by atoms with Crippen molar-refractivity contribution in [3.05, 3.63) is 41.1 Å². The quantitative estimate of drug-likeness (QED) is 0.420. The van der Waals surface area contributed by atoms with E-state index in [0.29, 0.717) is 22.1 Å². The number of halogens is 1. The largest absolute Gasteiger partial charge is 0.481 e. The van der Waals surface area contributed by atoms with Gasteiger partial charge in [-0.3, -0.25) is 4.79 Å². The van der Waals surface area contributed by atoms with Gasteiger partial charge in [0, 0.05) is 36.2 Å². The van der Waals surface area contributed by atoms with Gasteiger partial charge in [-0.25, -0.2) is 14.6 Å². The molecule has 0 spiro atoms. The fraction of sp³-hybridized carbons (Fsp3) is 0.348. The number of nitrogens with one attached hydrogen (secondary N) is 2. The number of carbonyl (C=O) groups excluding carboxylic acids is 1. The molecule has 2 N–H and O–H groups in total. The Balaban J connectivity index is 1.47. The van der Waals surface area contributed by atoms with E-state index in [2.05, 4.69) is 41.6 Å². The molecule has 4 aromatic rings. The lowest BCUT2D eigenvalue weighted by Gasteiger charge is -2.22. The van der Waals surface area contributed by atoms with E-state index in [9.17, 15) is 4.79 Å². The molecular formula is C23H24BrN7O2. The Bertz CT molecular complexity index is 1370. The lowest BCUT2D eigenvalue weighted by atomic mass is 9.87. The Morgan fingerprint density at radius 2 is 2.12 bits per heavy atom. The number of nitrogens with zero attached hydrogens (tertiary/aromatic N) is 5. The summed E-state index contributed by atoms with van der Waals surface area (Å²) in [5.74, 6) is 1.17. The van der Waals surface area contributed by atoms with Crippen LogP contribution in [0.5, 0.6) is 5.88 Å². The molecule has 1 aliphatic rings. The first-order chi connectivity index (χ1) is 15.9. The Morgan fingerprint density at radius 1 is 1.27 bits per heavy atom. The molecule has 1 unspecified atom stereocenters. The Kier molecular flexibility index (Phi) is 5.40. The van der Waals surface area contributed by atoms with Crippen molar-refractivity contribution in [1.82, 2.24) is 30.0 Å². The molecule has 1 fully saturated rings. The van der Waals surface area contributed by atoms with Crippen LogP contribution in [0.4, 0.5) is 5.95 Å². The number of ether oxygens (including phenoxy) is 1. The van der Waals surface area contributed by atoms with Gasteiger partial charge in [0.05, 0.1) is 23.7 Å². The average Bonchev–Trinajstić information content (AvgIpc) is 3.38. The van der Waals surface area contributed by atoms with Crippen molar-refractivity contribution in [2.75, 3.05) is 19.5 Å². The number of pyridine rings is 1. The second-order valence-electron chi connectivity index (χ2n) is 8.59. The zero-order chi connectivity index (χ0) is 23.2. The molecule has 1 amide bonds. The standard InChI is InChI=1S/C23H24BrN7O2/c1-23(21(32)25-2)9-8-14(11-23)27-22-26-12-16-19(24)30-31(20(16)29-22)15-5-6-17-13(10-15)4-7-18(28-17)33-3/h4-7,10,12,14H,8-9,11H2,1-3H3,(H,25,32)(H,26,27,29)/t14-,23?/m1/s1. The monoisotopic (exact) mass is 509 g/mol. The van der Waals surface area contributed by atoms with E-state index in [-0.39, 0.29) is 17.4 Å². The van der Waals surface area contributed by atoms with Crippen LogP contribution in [-0.4, -0.2) is 50.8 Å². The fourth-order valence-corrected chi connectivity index (χ4v) is 4.95. The van der Waals surface area contributed by atoms with Gasteiger partial charge in [0.1, 0.15) is 4.60 Å². The summed E-state index contributed by atoms with van der Waals surface area (Å²) in [6.45, 7) is 2.01. The highest BCUT2D eigenvalue weighted by atomic mass is 79.9. The van der Waals surface area contributed by atoms with E-state index in [0.717, 1.165) is 41.2 Å². The zero-order valence-corrected chi connectivity index (χ0v) is 20.2. The van der Waals surface area contributed by atoms with Crippen LogP contribution in [-0.2, 0) is 4.79 Å². The summed E-state index contributed by atoms with van der Waals surface area (Å²) in [7, 11) is 3.29. The number of methoxy groups -OCH3 is 1. The smallest absolute Gasteiger partial charge is 0.225 e. The predicted octanol–water partition coefficient (Wildman–Crippen LogP) is 3.85. The molecule has 0 saturated heterocycles. The zero-order valence-electron chi connectivity index (χ0n) is 18.6. The molecule has 0 aliphatic heterocycles. The minimum absolute atomic E-state index is 0.0774. The summed E-state index contributed by atoms with van der Waals surface area (Å²) < 4.78 is 7.68. The summed E-state index contributed by atoms with van der Waals surface area (Å²) in [5.41, 5.74) is 2.02. The second kappa shape index (κ2) is 8.26. The first kappa shape index (κ1) is 21.6. The Hall–Kier alpha value is -3.27. The predicted molar refractivity (Wildman–Crippen MR) is 130 cm³/mol. The topological polar surface area (TPSA) is 107 Å². The third kappa shape index (κ3) is 3.88. The number of hydrogen-bond donors (Lipinski definition) is 2. The number of benzene rings is 1. The minimum atomic E-state index is -0.372. The number of carbonyl (C=O) groups is 1. The van der Waals surface area contributed by atoms with Gasteiger partial charge in [-0.2, -0.15) is 10.1 Å². The van der Waals surface area contributed by atoms with E-state index < -0.39 is 0 Å². The van der Waals surface area contributed by atoms with Gasteiger partial charge in [0.25, 0.3) is 0 Å². The van der Waals surface area contributed by atoms with Crippen molar-refractivity contribution in [3.8, 4) is 11.6 Å². The molecule has 0 radical (unpaired) electrons. The molecule has 3 aromatic heterocycles. The van der Waals surface area contributed by atoms with Gasteiger partial charge in [0.15, 0.2) is 5.65 Å². The molecule has 1 aliphatic carbocycles. The van der Waals surface area contributed by atoms with Gasteiger partial charge in [-0.1, -0.05) is 6.92 Å². The lowest BCUT2D eigenvalue weighted by Crippen LogP contribution is -2.35. The summed E-state index contributed by atoms with van der Waals surface area (Å²) >= 11 is 3.53. The van der Waals surface area contributed by atoms with E-state index in [1.54, 1.807) is 25.0 Å². The molecule has 2 atom stereocenters. The van der Waals surface area contributed by atoms with Gasteiger partial charge in [-0.15, -0.1) is 0 Å². The number of fused-ring (bicyclic) bond motifs is 2. The molecule has 10 heteroatoms. The molecule has 9 nitrogen and oxygen atoms in total. The van der Waals surface area contributed by atoms with Crippen molar-refractivity contribution >= 4 is 49.7 Å². The highest BCUT2D eigenvalue weighted by Gasteiger charge is 2.40. The molecule has 170 valence electrons. The van der Waals surface area contributed by atoms with Crippen LogP contribution < -0.4 is 15.4 Å². The van der Waals surface area contributed by atoms with Gasteiger partial charge in [-0.05, 0) is 59.5 Å². The van der Waals surface area contributed by atoms with Crippen LogP contribution in [0.2, 0.25) is 0 Å². The third-order valence-electron chi connectivity index (χ3n) is 6.33. The molecule has 33 heavy (non-hydrogen) atoms. The SMILES string of the molecule is CNC(=O)C1(C)CC[C@@H](Nc2ncc3c(Br)nn(-c4ccc5nc(OC)ccc5c4)c3n2)C1. The molecule has 0 bridgehead atoms. The van der Waals surface area contributed by atoms with Crippen molar-refractivity contribution in [2.45, 2.75) is 32.2 Å². The number of rotatable bonds is 5. The number of amides is 1. The van der Waals surface area contributed by atoms with Crippen molar-refractivity contribution in [2.24, 2.45) is 5.41 Å². The molecule has 3 heterocycles. The second-order valence-corrected chi connectivity index (χ2v) is 9.34. The summed E-state index contributed by atoms with van der Waals surface area (Å²) in [6.07, 6.45) is 4.21. The maximum atomic E-state index is 12.2. The maximum absolute atomic E-state index is 12.2. The minimum Gasteiger partial charge on any atom is -0.481 e. The highest BCUT2D eigenvalue weighted by molar-refractivity contribution is 9.10. The number of aromatic nitrogens is 5.